The maximum absolute atomic E-state index is 12.6. The zero-order valence-electron chi connectivity index (χ0n) is 11.6. The van der Waals surface area contributed by atoms with Crippen molar-refractivity contribution in [2.45, 2.75) is 27.7 Å². The average Bonchev–Trinajstić information content (AvgIpc) is 2.39. The van der Waals surface area contributed by atoms with Gasteiger partial charge >= 0.3 is 0 Å². The van der Waals surface area contributed by atoms with Crippen LogP contribution in [0.2, 0.25) is 0 Å². The van der Waals surface area contributed by atoms with E-state index in [2.05, 4.69) is 6.92 Å². The Hall–Kier alpha value is -2.09. The average molecular weight is 252 g/mol. The SMILES string of the molecule is Cc1cc2c(=O)c3cccc(C)c3oc2c(C)c1C. The standard InChI is InChI=1S/C17H16O2/c1-9-6-5-7-13-15(18)14-8-10(2)11(3)12(4)17(14)19-16(9)13/h5-8H,1-4H3. The van der Waals surface area contributed by atoms with Crippen LogP contribution in [-0.2, 0) is 0 Å². The second kappa shape index (κ2) is 3.95. The van der Waals surface area contributed by atoms with Gasteiger partial charge in [0.25, 0.3) is 0 Å². The number of hydrogen-bond acceptors (Lipinski definition) is 2. The topological polar surface area (TPSA) is 30.2 Å². The Kier molecular flexibility index (Phi) is 2.49. The third-order valence-corrected chi connectivity index (χ3v) is 4.01. The smallest absolute Gasteiger partial charge is 0.200 e. The summed E-state index contributed by atoms with van der Waals surface area (Å²) in [6.07, 6.45) is 0. The minimum Gasteiger partial charge on any atom is -0.455 e. The van der Waals surface area contributed by atoms with Crippen molar-refractivity contribution >= 4 is 21.9 Å². The zero-order valence-corrected chi connectivity index (χ0v) is 11.6. The molecule has 0 aliphatic carbocycles. The van der Waals surface area contributed by atoms with Crippen molar-refractivity contribution in [1.29, 1.82) is 0 Å². The van der Waals surface area contributed by atoms with Crippen molar-refractivity contribution in [2.75, 3.05) is 0 Å². The Morgan fingerprint density at radius 2 is 1.58 bits per heavy atom. The van der Waals surface area contributed by atoms with E-state index in [1.165, 1.54) is 5.56 Å². The van der Waals surface area contributed by atoms with Crippen LogP contribution < -0.4 is 5.43 Å². The maximum atomic E-state index is 12.6. The Labute approximate surface area is 111 Å². The number of fused-ring (bicyclic) bond motifs is 2. The van der Waals surface area contributed by atoms with Crippen LogP contribution in [0.1, 0.15) is 22.3 Å². The lowest BCUT2D eigenvalue weighted by molar-refractivity contribution is 0.653. The second-order valence-corrected chi connectivity index (χ2v) is 5.20. The van der Waals surface area contributed by atoms with Crippen molar-refractivity contribution in [3.63, 3.8) is 0 Å². The van der Waals surface area contributed by atoms with Crippen molar-refractivity contribution in [3.8, 4) is 0 Å². The molecule has 0 spiro atoms. The summed E-state index contributed by atoms with van der Waals surface area (Å²) >= 11 is 0. The van der Waals surface area contributed by atoms with Crippen LogP contribution in [-0.4, -0.2) is 0 Å². The highest BCUT2D eigenvalue weighted by Crippen LogP contribution is 2.27. The molecule has 1 aromatic heterocycles. The maximum Gasteiger partial charge on any atom is 0.200 e. The lowest BCUT2D eigenvalue weighted by atomic mass is 9.99. The van der Waals surface area contributed by atoms with Gasteiger partial charge in [-0.3, -0.25) is 4.79 Å². The van der Waals surface area contributed by atoms with Crippen LogP contribution in [0.15, 0.2) is 33.5 Å². The lowest BCUT2D eigenvalue weighted by Gasteiger charge is -2.10. The van der Waals surface area contributed by atoms with E-state index in [-0.39, 0.29) is 5.43 Å². The number of para-hydroxylation sites is 1. The van der Waals surface area contributed by atoms with E-state index >= 15 is 0 Å². The van der Waals surface area contributed by atoms with E-state index in [9.17, 15) is 4.79 Å². The molecular formula is C17H16O2. The van der Waals surface area contributed by atoms with Crippen LogP contribution >= 0.6 is 0 Å². The summed E-state index contributed by atoms with van der Waals surface area (Å²) in [5, 5.41) is 1.34. The highest BCUT2D eigenvalue weighted by atomic mass is 16.3. The molecule has 0 aliphatic heterocycles. The summed E-state index contributed by atoms with van der Waals surface area (Å²) in [6, 6.07) is 7.63. The van der Waals surface area contributed by atoms with Gasteiger partial charge in [0.2, 0.25) is 5.43 Å². The van der Waals surface area contributed by atoms with Crippen molar-refractivity contribution in [3.05, 3.63) is 56.7 Å². The Balaban J connectivity index is 2.66. The monoisotopic (exact) mass is 252 g/mol. The second-order valence-electron chi connectivity index (χ2n) is 5.20. The first-order chi connectivity index (χ1) is 9.00. The molecule has 0 fully saturated rings. The number of rotatable bonds is 0. The van der Waals surface area contributed by atoms with Gasteiger partial charge in [0.1, 0.15) is 11.2 Å². The number of aryl methyl sites for hydroxylation is 3. The molecule has 0 saturated carbocycles. The molecule has 3 rings (SSSR count). The largest absolute Gasteiger partial charge is 0.455 e. The number of hydrogen-bond donors (Lipinski definition) is 0. The fourth-order valence-electron chi connectivity index (χ4n) is 2.57. The number of benzene rings is 2. The molecule has 3 aromatic rings. The van der Waals surface area contributed by atoms with E-state index in [4.69, 9.17) is 4.42 Å². The molecule has 0 atom stereocenters. The molecule has 96 valence electrons. The Bertz CT molecular complexity index is 870. The summed E-state index contributed by atoms with van der Waals surface area (Å²) < 4.78 is 6.02. The van der Waals surface area contributed by atoms with Crippen LogP contribution in [0, 0.1) is 27.7 Å². The van der Waals surface area contributed by atoms with Gasteiger partial charge in [0, 0.05) is 0 Å². The third-order valence-electron chi connectivity index (χ3n) is 4.01. The van der Waals surface area contributed by atoms with E-state index in [1.807, 2.05) is 45.0 Å². The van der Waals surface area contributed by atoms with Gasteiger partial charge in [0.05, 0.1) is 10.8 Å². The Morgan fingerprint density at radius 1 is 0.842 bits per heavy atom. The lowest BCUT2D eigenvalue weighted by Crippen LogP contribution is -2.05. The fraction of sp³-hybridized carbons (Fsp3) is 0.235. The molecule has 2 nitrogen and oxygen atoms in total. The Morgan fingerprint density at radius 3 is 2.32 bits per heavy atom. The third kappa shape index (κ3) is 1.60. The highest BCUT2D eigenvalue weighted by molar-refractivity contribution is 5.93. The molecular weight excluding hydrogens is 236 g/mol. The van der Waals surface area contributed by atoms with Crippen LogP contribution in [0.25, 0.3) is 21.9 Å². The predicted molar refractivity (Wildman–Crippen MR) is 78.9 cm³/mol. The van der Waals surface area contributed by atoms with Gasteiger partial charge in [-0.15, -0.1) is 0 Å². The quantitative estimate of drug-likeness (QED) is 0.562. The predicted octanol–water partition coefficient (Wildman–Crippen LogP) is 4.18. The molecule has 0 N–H and O–H groups in total. The minimum atomic E-state index is 0.0613. The van der Waals surface area contributed by atoms with Gasteiger partial charge in [0.15, 0.2) is 0 Å². The molecule has 0 saturated heterocycles. The molecule has 0 unspecified atom stereocenters. The molecule has 2 aromatic carbocycles. The van der Waals surface area contributed by atoms with E-state index in [1.54, 1.807) is 0 Å². The zero-order chi connectivity index (χ0) is 13.7. The summed E-state index contributed by atoms with van der Waals surface area (Å²) in [6.45, 7) is 8.07. The first-order valence-corrected chi connectivity index (χ1v) is 6.43. The van der Waals surface area contributed by atoms with Gasteiger partial charge in [-0.05, 0) is 62.1 Å². The van der Waals surface area contributed by atoms with Gasteiger partial charge < -0.3 is 4.42 Å². The first-order valence-electron chi connectivity index (χ1n) is 6.43. The van der Waals surface area contributed by atoms with E-state index in [0.29, 0.717) is 16.4 Å². The molecule has 0 radical (unpaired) electrons. The summed E-state index contributed by atoms with van der Waals surface area (Å²) in [7, 11) is 0. The molecule has 1 heterocycles. The normalized spacial score (nSPS) is 11.4. The van der Waals surface area contributed by atoms with E-state index < -0.39 is 0 Å². The molecule has 0 bridgehead atoms. The molecule has 19 heavy (non-hydrogen) atoms. The van der Waals surface area contributed by atoms with E-state index in [0.717, 1.165) is 22.3 Å². The highest BCUT2D eigenvalue weighted by Gasteiger charge is 2.13. The van der Waals surface area contributed by atoms with Crippen LogP contribution in [0.3, 0.4) is 0 Å². The summed E-state index contributed by atoms with van der Waals surface area (Å²) in [5.41, 5.74) is 5.84. The summed E-state index contributed by atoms with van der Waals surface area (Å²) in [4.78, 5) is 12.6. The fourth-order valence-corrected chi connectivity index (χ4v) is 2.57. The van der Waals surface area contributed by atoms with Gasteiger partial charge in [-0.25, -0.2) is 0 Å². The first kappa shape index (κ1) is 12.0. The van der Waals surface area contributed by atoms with Crippen molar-refractivity contribution < 1.29 is 4.42 Å². The van der Waals surface area contributed by atoms with Crippen molar-refractivity contribution in [2.24, 2.45) is 0 Å². The van der Waals surface area contributed by atoms with Crippen LogP contribution in [0.5, 0.6) is 0 Å². The van der Waals surface area contributed by atoms with Gasteiger partial charge in [-0.1, -0.05) is 12.1 Å². The molecule has 2 heteroatoms. The molecule has 0 amide bonds. The van der Waals surface area contributed by atoms with Crippen molar-refractivity contribution in [1.82, 2.24) is 0 Å². The van der Waals surface area contributed by atoms with Gasteiger partial charge in [-0.2, -0.15) is 0 Å². The summed E-state index contributed by atoms with van der Waals surface area (Å²) in [5.74, 6) is 0. The minimum absolute atomic E-state index is 0.0613. The van der Waals surface area contributed by atoms with Crippen LogP contribution in [0.4, 0.5) is 0 Å². The molecule has 0 aliphatic rings.